The average Bonchev–Trinajstić information content (AvgIpc) is 3.10. The summed E-state index contributed by atoms with van der Waals surface area (Å²) in [4.78, 5) is 16.9. The van der Waals surface area contributed by atoms with E-state index in [0.29, 0.717) is 11.0 Å². The van der Waals surface area contributed by atoms with Gasteiger partial charge in [-0.05, 0) is 37.6 Å². The quantitative estimate of drug-likeness (QED) is 0.534. The average molecular weight is 449 g/mol. The van der Waals surface area contributed by atoms with E-state index in [-0.39, 0.29) is 23.0 Å². The lowest BCUT2D eigenvalue weighted by molar-refractivity contribution is -0.120. The summed E-state index contributed by atoms with van der Waals surface area (Å²) in [7, 11) is 0. The smallest absolute Gasteiger partial charge is 0.233 e. The Balaban J connectivity index is 1.61. The first-order valence-corrected chi connectivity index (χ1v) is 10.0. The number of benzene rings is 2. The van der Waals surface area contributed by atoms with Crippen molar-refractivity contribution < 1.29 is 9.18 Å². The minimum Gasteiger partial charge on any atom is -0.349 e. The van der Waals surface area contributed by atoms with Crippen molar-refractivity contribution in [3.05, 3.63) is 64.4 Å². The van der Waals surface area contributed by atoms with Crippen molar-refractivity contribution in [2.75, 3.05) is 0 Å². The maximum atomic E-state index is 13.0. The van der Waals surface area contributed by atoms with Crippen LogP contribution in [0.1, 0.15) is 25.5 Å². The van der Waals surface area contributed by atoms with Crippen LogP contribution in [0.3, 0.4) is 0 Å². The summed E-state index contributed by atoms with van der Waals surface area (Å²) < 4.78 is 13.9. The minimum absolute atomic E-state index is 0.135. The lowest BCUT2D eigenvalue weighted by Crippen LogP contribution is -2.33. The van der Waals surface area contributed by atoms with E-state index in [0.717, 1.165) is 15.6 Å². The third-order valence-electron chi connectivity index (χ3n) is 3.97. The van der Waals surface area contributed by atoms with Gasteiger partial charge in [0.25, 0.3) is 0 Å². The number of halogens is 2. The molecule has 1 amide bonds. The van der Waals surface area contributed by atoms with E-state index < -0.39 is 0 Å². The second kappa shape index (κ2) is 8.67. The number of aromatic nitrogens is 3. The molecule has 0 aliphatic carbocycles. The van der Waals surface area contributed by atoms with E-state index in [2.05, 4.69) is 36.4 Å². The highest BCUT2D eigenvalue weighted by Gasteiger charge is 2.20. The van der Waals surface area contributed by atoms with Crippen molar-refractivity contribution in [3.8, 4) is 11.4 Å². The van der Waals surface area contributed by atoms with Gasteiger partial charge in [0.15, 0.2) is 5.82 Å². The first kappa shape index (κ1) is 19.6. The highest BCUT2D eigenvalue weighted by molar-refractivity contribution is 9.10. The third-order valence-corrected chi connectivity index (χ3v) is 5.63. The molecular weight excluding hydrogens is 431 g/mol. The lowest BCUT2D eigenvalue weighted by Gasteiger charge is -2.17. The summed E-state index contributed by atoms with van der Waals surface area (Å²) >= 11 is 4.76. The Morgan fingerprint density at radius 1 is 1.19 bits per heavy atom. The van der Waals surface area contributed by atoms with Crippen molar-refractivity contribution in [2.24, 2.45) is 0 Å². The topological polar surface area (TPSA) is 70.7 Å². The molecule has 0 aliphatic rings. The molecule has 0 spiro atoms. The highest BCUT2D eigenvalue weighted by Crippen LogP contribution is 2.27. The van der Waals surface area contributed by atoms with Crippen molar-refractivity contribution >= 4 is 33.6 Å². The monoisotopic (exact) mass is 448 g/mol. The number of H-pyrrole nitrogens is 1. The Morgan fingerprint density at radius 2 is 1.89 bits per heavy atom. The van der Waals surface area contributed by atoms with Gasteiger partial charge in [-0.25, -0.2) is 9.37 Å². The Morgan fingerprint density at radius 3 is 2.59 bits per heavy atom. The lowest BCUT2D eigenvalue weighted by atomic mass is 10.1. The Bertz CT molecular complexity index is 931. The largest absolute Gasteiger partial charge is 0.349 e. The van der Waals surface area contributed by atoms with Crippen LogP contribution in [0, 0.1) is 5.82 Å². The van der Waals surface area contributed by atoms with E-state index >= 15 is 0 Å². The van der Waals surface area contributed by atoms with Gasteiger partial charge in [-0.15, -0.1) is 5.10 Å². The second-order valence-electron chi connectivity index (χ2n) is 5.99. The molecule has 0 fully saturated rings. The van der Waals surface area contributed by atoms with Crippen LogP contribution in [-0.2, 0) is 4.79 Å². The Hall–Kier alpha value is -2.19. The summed E-state index contributed by atoms with van der Waals surface area (Å²) in [5, 5.41) is 10.1. The maximum Gasteiger partial charge on any atom is 0.233 e. The van der Waals surface area contributed by atoms with Crippen molar-refractivity contribution in [1.29, 1.82) is 0 Å². The summed E-state index contributed by atoms with van der Waals surface area (Å²) in [6, 6.07) is 13.6. The number of hydrogen-bond acceptors (Lipinski definition) is 4. The molecule has 2 N–H and O–H groups in total. The Kier molecular flexibility index (Phi) is 6.28. The summed E-state index contributed by atoms with van der Waals surface area (Å²) in [5.74, 6) is 0.202. The number of aromatic amines is 1. The van der Waals surface area contributed by atoms with Crippen LogP contribution in [0.2, 0.25) is 0 Å². The molecule has 8 heteroatoms. The standard InChI is InChI=1S/C19H18BrFN4OS/c1-11(13-7-9-14(21)10-8-13)22-18(26)12(2)27-19-23-17(24-25-19)15-5-3-4-6-16(15)20/h3-12H,1-2H3,(H,22,26)(H,23,24,25). The number of rotatable bonds is 6. The van der Waals surface area contributed by atoms with Crippen molar-refractivity contribution in [1.82, 2.24) is 20.5 Å². The molecule has 3 rings (SSSR count). The van der Waals surface area contributed by atoms with Crippen LogP contribution < -0.4 is 5.32 Å². The van der Waals surface area contributed by atoms with Gasteiger partial charge < -0.3 is 5.32 Å². The summed E-state index contributed by atoms with van der Waals surface area (Å²) in [6.45, 7) is 3.66. The van der Waals surface area contributed by atoms with Crippen LogP contribution in [0.15, 0.2) is 58.2 Å². The minimum atomic E-state index is -0.379. The fourth-order valence-electron chi connectivity index (χ4n) is 2.45. The molecule has 0 radical (unpaired) electrons. The SMILES string of the molecule is CC(Sc1n[nH]c(-c2ccccc2Br)n1)C(=O)NC(C)c1ccc(F)cc1. The van der Waals surface area contributed by atoms with Crippen LogP contribution in [0.25, 0.3) is 11.4 Å². The van der Waals surface area contributed by atoms with E-state index in [1.165, 1.54) is 23.9 Å². The van der Waals surface area contributed by atoms with Gasteiger partial charge in [-0.3, -0.25) is 9.89 Å². The van der Waals surface area contributed by atoms with Crippen molar-refractivity contribution in [3.63, 3.8) is 0 Å². The van der Waals surface area contributed by atoms with Gasteiger partial charge in [-0.2, -0.15) is 0 Å². The van der Waals surface area contributed by atoms with Crippen molar-refractivity contribution in [2.45, 2.75) is 30.3 Å². The molecule has 0 aliphatic heterocycles. The van der Waals surface area contributed by atoms with Gasteiger partial charge in [0.1, 0.15) is 5.82 Å². The highest BCUT2D eigenvalue weighted by atomic mass is 79.9. The number of carbonyl (C=O) groups is 1. The van der Waals surface area contributed by atoms with E-state index in [9.17, 15) is 9.18 Å². The van der Waals surface area contributed by atoms with Crippen LogP contribution in [0.5, 0.6) is 0 Å². The molecule has 3 aromatic rings. The molecule has 0 bridgehead atoms. The fraction of sp³-hybridized carbons (Fsp3) is 0.211. The molecule has 1 heterocycles. The zero-order chi connectivity index (χ0) is 19.4. The summed E-state index contributed by atoms with van der Waals surface area (Å²) in [6.07, 6.45) is 0. The molecule has 0 saturated heterocycles. The van der Waals surface area contributed by atoms with Crippen LogP contribution in [0.4, 0.5) is 4.39 Å². The number of nitrogens with zero attached hydrogens (tertiary/aromatic N) is 2. The van der Waals surface area contributed by atoms with E-state index in [1.54, 1.807) is 19.1 Å². The predicted octanol–water partition coefficient (Wildman–Crippen LogP) is 4.73. The maximum absolute atomic E-state index is 13.0. The molecule has 2 unspecified atom stereocenters. The zero-order valence-electron chi connectivity index (χ0n) is 14.7. The molecular formula is C19H18BrFN4OS. The molecule has 27 heavy (non-hydrogen) atoms. The second-order valence-corrected chi connectivity index (χ2v) is 8.15. The first-order chi connectivity index (χ1) is 12.9. The molecule has 2 atom stereocenters. The number of carbonyl (C=O) groups excluding carboxylic acids is 1. The molecule has 5 nitrogen and oxygen atoms in total. The molecule has 140 valence electrons. The zero-order valence-corrected chi connectivity index (χ0v) is 17.1. The van der Waals surface area contributed by atoms with E-state index in [4.69, 9.17) is 0 Å². The van der Waals surface area contributed by atoms with E-state index in [1.807, 2.05) is 31.2 Å². The van der Waals surface area contributed by atoms with Crippen LogP contribution in [-0.4, -0.2) is 26.3 Å². The van der Waals surface area contributed by atoms with Gasteiger partial charge >= 0.3 is 0 Å². The predicted molar refractivity (Wildman–Crippen MR) is 108 cm³/mol. The van der Waals surface area contributed by atoms with Gasteiger partial charge in [0.05, 0.1) is 11.3 Å². The van der Waals surface area contributed by atoms with Crippen LogP contribution >= 0.6 is 27.7 Å². The van der Waals surface area contributed by atoms with Gasteiger partial charge in [0.2, 0.25) is 11.1 Å². The van der Waals surface area contributed by atoms with Gasteiger partial charge in [-0.1, -0.05) is 58.0 Å². The van der Waals surface area contributed by atoms with Gasteiger partial charge in [0, 0.05) is 10.0 Å². The number of hydrogen-bond donors (Lipinski definition) is 2. The molecule has 0 saturated carbocycles. The first-order valence-electron chi connectivity index (χ1n) is 8.34. The third kappa shape index (κ3) is 4.95. The number of nitrogens with one attached hydrogen (secondary N) is 2. The number of amides is 1. The fourth-order valence-corrected chi connectivity index (χ4v) is 3.66. The molecule has 2 aromatic carbocycles. The normalized spacial score (nSPS) is 13.2. The Labute approximate surface area is 169 Å². The summed E-state index contributed by atoms with van der Waals surface area (Å²) in [5.41, 5.74) is 1.75. The number of thioether (sulfide) groups is 1. The molecule has 1 aromatic heterocycles.